The van der Waals surface area contributed by atoms with Crippen LogP contribution in [0.5, 0.6) is 0 Å². The zero-order valence-corrected chi connectivity index (χ0v) is 13.2. The van der Waals surface area contributed by atoms with Crippen LogP contribution in [0.3, 0.4) is 0 Å². The van der Waals surface area contributed by atoms with Gasteiger partial charge in [-0.25, -0.2) is 4.39 Å². The Kier molecular flexibility index (Phi) is 6.11. The van der Waals surface area contributed by atoms with Crippen LogP contribution in [0.25, 0.3) is 0 Å². The summed E-state index contributed by atoms with van der Waals surface area (Å²) in [4.78, 5) is 2.09. The quantitative estimate of drug-likeness (QED) is 0.806. The van der Waals surface area contributed by atoms with Gasteiger partial charge in [-0.3, -0.25) is 0 Å². The number of aryl methyl sites for hydroxylation is 1. The maximum atomic E-state index is 13.6. The zero-order chi connectivity index (χ0) is 15.3. The molecule has 0 aromatic heterocycles. The summed E-state index contributed by atoms with van der Waals surface area (Å²) in [7, 11) is 3.87. The van der Waals surface area contributed by atoms with Gasteiger partial charge in [0.1, 0.15) is 5.82 Å². The molecular formula is C16H27FN2O. The van der Waals surface area contributed by atoms with Gasteiger partial charge in [0.25, 0.3) is 0 Å². The fraction of sp³-hybridized carbons (Fsp3) is 0.625. The number of aliphatic hydroxyl groups is 1. The van der Waals surface area contributed by atoms with E-state index in [1.165, 1.54) is 0 Å². The van der Waals surface area contributed by atoms with Crippen LogP contribution in [0.15, 0.2) is 18.2 Å². The predicted octanol–water partition coefficient (Wildman–Crippen LogP) is 2.49. The maximum absolute atomic E-state index is 13.6. The molecule has 0 bridgehead atoms. The van der Waals surface area contributed by atoms with Crippen LogP contribution in [-0.4, -0.2) is 42.8 Å². The van der Waals surface area contributed by atoms with Gasteiger partial charge in [0.2, 0.25) is 0 Å². The molecule has 2 N–H and O–H groups in total. The second kappa shape index (κ2) is 7.16. The molecule has 0 saturated carbocycles. The second-order valence-electron chi connectivity index (χ2n) is 6.19. The van der Waals surface area contributed by atoms with Crippen molar-refractivity contribution in [3.05, 3.63) is 35.1 Å². The number of likely N-dealkylation sites (N-methyl/N-ethyl adjacent to an activating group) is 1. The minimum atomic E-state index is -0.695. The average molecular weight is 282 g/mol. The fourth-order valence-electron chi connectivity index (χ4n) is 2.39. The van der Waals surface area contributed by atoms with Crippen molar-refractivity contribution in [1.29, 1.82) is 0 Å². The molecule has 0 amide bonds. The van der Waals surface area contributed by atoms with Gasteiger partial charge in [0.05, 0.1) is 5.60 Å². The molecule has 1 unspecified atom stereocenters. The van der Waals surface area contributed by atoms with Gasteiger partial charge in [-0.15, -0.1) is 0 Å². The van der Waals surface area contributed by atoms with Crippen molar-refractivity contribution >= 4 is 0 Å². The van der Waals surface area contributed by atoms with Gasteiger partial charge in [-0.1, -0.05) is 12.1 Å². The molecule has 1 atom stereocenters. The van der Waals surface area contributed by atoms with Crippen molar-refractivity contribution < 1.29 is 9.50 Å². The minimum absolute atomic E-state index is 0.120. The molecule has 0 fully saturated rings. The standard InChI is InChI=1S/C16H27FN2O/c1-12-6-7-13(10-14(12)17)15(18-4)8-9-19(5)11-16(2,3)20/h6-7,10,15,18,20H,8-9,11H2,1-5H3. The van der Waals surface area contributed by atoms with E-state index in [2.05, 4.69) is 10.2 Å². The van der Waals surface area contributed by atoms with Crippen LogP contribution >= 0.6 is 0 Å². The number of hydrogen-bond donors (Lipinski definition) is 2. The maximum Gasteiger partial charge on any atom is 0.126 e. The first-order valence-corrected chi connectivity index (χ1v) is 7.07. The van der Waals surface area contributed by atoms with Gasteiger partial charge >= 0.3 is 0 Å². The lowest BCUT2D eigenvalue weighted by Gasteiger charge is -2.27. The van der Waals surface area contributed by atoms with E-state index in [0.29, 0.717) is 12.1 Å². The summed E-state index contributed by atoms with van der Waals surface area (Å²) >= 11 is 0. The Labute approximate surface area is 121 Å². The molecule has 0 aliphatic rings. The number of benzene rings is 1. The van der Waals surface area contributed by atoms with E-state index in [-0.39, 0.29) is 11.9 Å². The van der Waals surface area contributed by atoms with Crippen LogP contribution in [0.1, 0.15) is 37.4 Å². The Balaban J connectivity index is 2.61. The highest BCUT2D eigenvalue weighted by atomic mass is 19.1. The molecule has 1 aromatic carbocycles. The third-order valence-electron chi connectivity index (χ3n) is 3.40. The molecule has 0 heterocycles. The van der Waals surface area contributed by atoms with Crippen LogP contribution in [0.2, 0.25) is 0 Å². The highest BCUT2D eigenvalue weighted by molar-refractivity contribution is 5.25. The lowest BCUT2D eigenvalue weighted by Crippen LogP contribution is -2.37. The minimum Gasteiger partial charge on any atom is -0.389 e. The van der Waals surface area contributed by atoms with Crippen molar-refractivity contribution in [1.82, 2.24) is 10.2 Å². The third kappa shape index (κ3) is 5.57. The Morgan fingerprint density at radius 1 is 1.40 bits per heavy atom. The van der Waals surface area contributed by atoms with E-state index in [9.17, 15) is 9.50 Å². The Hall–Kier alpha value is -0.970. The Bertz CT molecular complexity index is 429. The summed E-state index contributed by atoms with van der Waals surface area (Å²) < 4.78 is 13.6. The van der Waals surface area contributed by atoms with E-state index in [1.807, 2.05) is 26.2 Å². The number of halogens is 1. The number of nitrogens with zero attached hydrogens (tertiary/aromatic N) is 1. The Morgan fingerprint density at radius 2 is 2.05 bits per heavy atom. The second-order valence-corrected chi connectivity index (χ2v) is 6.19. The summed E-state index contributed by atoms with van der Waals surface area (Å²) in [6.07, 6.45) is 0.867. The van der Waals surface area contributed by atoms with E-state index in [4.69, 9.17) is 0 Å². The van der Waals surface area contributed by atoms with Crippen LogP contribution < -0.4 is 5.32 Å². The van der Waals surface area contributed by atoms with Gasteiger partial charge in [-0.05, 0) is 65.0 Å². The van der Waals surface area contributed by atoms with Crippen LogP contribution in [0, 0.1) is 12.7 Å². The molecule has 0 aliphatic heterocycles. The molecule has 20 heavy (non-hydrogen) atoms. The number of rotatable bonds is 7. The van der Waals surface area contributed by atoms with Gasteiger partial charge in [0, 0.05) is 12.6 Å². The van der Waals surface area contributed by atoms with Crippen LogP contribution in [-0.2, 0) is 0 Å². The molecular weight excluding hydrogens is 255 g/mol. The number of nitrogens with one attached hydrogen (secondary N) is 1. The first kappa shape index (κ1) is 17.1. The molecule has 3 nitrogen and oxygen atoms in total. The SMILES string of the molecule is CNC(CCN(C)CC(C)(C)O)c1ccc(C)c(F)c1. The highest BCUT2D eigenvalue weighted by Gasteiger charge is 2.17. The van der Waals surface area contributed by atoms with E-state index >= 15 is 0 Å². The Morgan fingerprint density at radius 3 is 2.55 bits per heavy atom. The number of hydrogen-bond acceptors (Lipinski definition) is 3. The molecule has 0 spiro atoms. The van der Waals surface area contributed by atoms with Crippen molar-refractivity contribution in [3.8, 4) is 0 Å². The van der Waals surface area contributed by atoms with E-state index < -0.39 is 5.60 Å². The van der Waals surface area contributed by atoms with E-state index in [0.717, 1.165) is 18.5 Å². The van der Waals surface area contributed by atoms with Gasteiger partial charge < -0.3 is 15.3 Å². The molecule has 0 aliphatic carbocycles. The van der Waals surface area contributed by atoms with Crippen molar-refractivity contribution in [2.24, 2.45) is 0 Å². The fourth-order valence-corrected chi connectivity index (χ4v) is 2.39. The molecule has 1 rings (SSSR count). The lowest BCUT2D eigenvalue weighted by molar-refractivity contribution is 0.0436. The first-order chi connectivity index (χ1) is 9.23. The zero-order valence-electron chi connectivity index (χ0n) is 13.2. The monoisotopic (exact) mass is 282 g/mol. The normalized spacial score (nSPS) is 13.8. The highest BCUT2D eigenvalue weighted by Crippen LogP contribution is 2.19. The average Bonchev–Trinajstić information content (AvgIpc) is 2.32. The molecule has 1 aromatic rings. The van der Waals surface area contributed by atoms with Crippen molar-refractivity contribution in [2.45, 2.75) is 38.8 Å². The van der Waals surface area contributed by atoms with Crippen molar-refractivity contribution in [3.63, 3.8) is 0 Å². The lowest BCUT2D eigenvalue weighted by atomic mass is 10.0. The summed E-state index contributed by atoms with van der Waals surface area (Å²) in [6, 6.07) is 5.51. The molecule has 0 saturated heterocycles. The molecule has 0 radical (unpaired) electrons. The summed E-state index contributed by atoms with van der Waals surface area (Å²) in [5.74, 6) is -0.160. The van der Waals surface area contributed by atoms with Gasteiger partial charge in [-0.2, -0.15) is 0 Å². The largest absolute Gasteiger partial charge is 0.389 e. The molecule has 114 valence electrons. The summed E-state index contributed by atoms with van der Waals surface area (Å²) in [5.41, 5.74) is 0.940. The predicted molar refractivity (Wildman–Crippen MR) is 81.3 cm³/mol. The van der Waals surface area contributed by atoms with Crippen molar-refractivity contribution in [2.75, 3.05) is 27.2 Å². The summed E-state index contributed by atoms with van der Waals surface area (Å²) in [5, 5.41) is 13.0. The topological polar surface area (TPSA) is 35.5 Å². The smallest absolute Gasteiger partial charge is 0.126 e. The first-order valence-electron chi connectivity index (χ1n) is 7.07. The van der Waals surface area contributed by atoms with Crippen LogP contribution in [0.4, 0.5) is 4.39 Å². The third-order valence-corrected chi connectivity index (χ3v) is 3.40. The van der Waals surface area contributed by atoms with Gasteiger partial charge in [0.15, 0.2) is 0 Å². The summed E-state index contributed by atoms with van der Waals surface area (Å²) in [6.45, 7) is 6.82. The molecule has 4 heteroatoms. The van der Waals surface area contributed by atoms with E-state index in [1.54, 1.807) is 26.8 Å².